The fourth-order valence-electron chi connectivity index (χ4n) is 1.95. The first-order valence-corrected chi connectivity index (χ1v) is 6.00. The maximum Gasteiger partial charge on any atom is 0.311 e. The molecule has 1 heterocycles. The second-order valence-electron chi connectivity index (χ2n) is 4.39. The van der Waals surface area contributed by atoms with Crippen molar-refractivity contribution in [3.05, 3.63) is 68.1 Å². The van der Waals surface area contributed by atoms with Crippen molar-refractivity contribution in [1.82, 2.24) is 4.57 Å². The van der Waals surface area contributed by atoms with E-state index in [4.69, 9.17) is 4.74 Å². The van der Waals surface area contributed by atoms with E-state index in [9.17, 15) is 14.9 Å². The molecule has 2 aromatic rings. The van der Waals surface area contributed by atoms with E-state index >= 15 is 0 Å². The number of aryl methyl sites for hydroxylation is 1. The summed E-state index contributed by atoms with van der Waals surface area (Å²) < 4.78 is 6.46. The summed E-state index contributed by atoms with van der Waals surface area (Å²) in [6.07, 6.45) is 1.66. The van der Waals surface area contributed by atoms with E-state index in [1.165, 1.54) is 23.8 Å². The Labute approximate surface area is 115 Å². The molecule has 0 aliphatic carbocycles. The number of ether oxygens (including phenoxy) is 1. The van der Waals surface area contributed by atoms with Gasteiger partial charge in [-0.2, -0.15) is 0 Å². The molecule has 104 valence electrons. The predicted molar refractivity (Wildman–Crippen MR) is 74.2 cm³/mol. The van der Waals surface area contributed by atoms with Crippen molar-refractivity contribution in [3.63, 3.8) is 0 Å². The fourth-order valence-corrected chi connectivity index (χ4v) is 1.95. The molecule has 2 rings (SSSR count). The lowest BCUT2D eigenvalue weighted by molar-refractivity contribution is -0.385. The van der Waals surface area contributed by atoms with Crippen molar-refractivity contribution >= 4 is 5.69 Å². The maximum atomic E-state index is 11.9. The summed E-state index contributed by atoms with van der Waals surface area (Å²) in [5.41, 5.74) is 1.09. The predicted octanol–water partition coefficient (Wildman–Crippen LogP) is 2.12. The van der Waals surface area contributed by atoms with Crippen molar-refractivity contribution in [2.75, 3.05) is 7.11 Å². The topological polar surface area (TPSA) is 74.4 Å². The molecule has 0 bridgehead atoms. The molecule has 0 unspecified atom stereocenters. The van der Waals surface area contributed by atoms with Gasteiger partial charge in [-0.05, 0) is 24.6 Å². The van der Waals surface area contributed by atoms with Crippen LogP contribution in [0.3, 0.4) is 0 Å². The first kappa shape index (κ1) is 13.8. The highest BCUT2D eigenvalue weighted by Gasteiger charge is 2.15. The van der Waals surface area contributed by atoms with E-state index in [-0.39, 0.29) is 23.5 Å². The number of nitro groups is 1. The van der Waals surface area contributed by atoms with Crippen LogP contribution in [-0.2, 0) is 6.54 Å². The van der Waals surface area contributed by atoms with Gasteiger partial charge in [0.2, 0.25) is 0 Å². The van der Waals surface area contributed by atoms with E-state index in [0.717, 1.165) is 0 Å². The van der Waals surface area contributed by atoms with Crippen LogP contribution in [0.25, 0.3) is 0 Å². The van der Waals surface area contributed by atoms with Gasteiger partial charge in [-0.1, -0.05) is 12.1 Å². The molecule has 0 saturated heterocycles. The third-order valence-electron chi connectivity index (χ3n) is 3.00. The summed E-state index contributed by atoms with van der Waals surface area (Å²) in [5, 5.41) is 11.0. The molecule has 0 N–H and O–H groups in total. The van der Waals surface area contributed by atoms with Gasteiger partial charge < -0.3 is 9.30 Å². The van der Waals surface area contributed by atoms with Gasteiger partial charge in [0, 0.05) is 17.8 Å². The first-order chi connectivity index (χ1) is 9.52. The van der Waals surface area contributed by atoms with E-state index in [0.29, 0.717) is 11.1 Å². The molecule has 0 aliphatic rings. The van der Waals surface area contributed by atoms with Crippen molar-refractivity contribution in [2.24, 2.45) is 0 Å². The molecule has 0 amide bonds. The number of hydrogen-bond donors (Lipinski definition) is 0. The van der Waals surface area contributed by atoms with E-state index in [1.807, 2.05) is 0 Å². The smallest absolute Gasteiger partial charge is 0.311 e. The highest BCUT2D eigenvalue weighted by Crippen LogP contribution is 2.27. The van der Waals surface area contributed by atoms with Gasteiger partial charge in [-0.3, -0.25) is 14.9 Å². The van der Waals surface area contributed by atoms with Gasteiger partial charge in [-0.25, -0.2) is 0 Å². The summed E-state index contributed by atoms with van der Waals surface area (Å²) >= 11 is 0. The van der Waals surface area contributed by atoms with E-state index in [2.05, 4.69) is 0 Å². The molecule has 6 nitrogen and oxygen atoms in total. The summed E-state index contributed by atoms with van der Waals surface area (Å²) in [5.74, 6) is 0.204. The molecular weight excluding hydrogens is 260 g/mol. The molecule has 1 aromatic carbocycles. The minimum Gasteiger partial charge on any atom is -0.490 e. The highest BCUT2D eigenvalue weighted by molar-refractivity contribution is 5.48. The van der Waals surface area contributed by atoms with Crippen LogP contribution in [0.1, 0.15) is 11.1 Å². The zero-order valence-electron chi connectivity index (χ0n) is 11.2. The Bertz CT molecular complexity index is 707. The Hall–Kier alpha value is -2.63. The largest absolute Gasteiger partial charge is 0.490 e. The second kappa shape index (κ2) is 5.56. The number of rotatable bonds is 4. The Kier molecular flexibility index (Phi) is 3.84. The number of nitro benzene ring substituents is 1. The van der Waals surface area contributed by atoms with Crippen molar-refractivity contribution in [1.29, 1.82) is 0 Å². The van der Waals surface area contributed by atoms with Crippen LogP contribution in [0.5, 0.6) is 5.75 Å². The SMILES string of the molecule is COc1ccc(Cn2cccc(C)c2=O)cc1[N+](=O)[O-]. The monoisotopic (exact) mass is 274 g/mol. The van der Waals surface area contributed by atoms with Crippen molar-refractivity contribution in [2.45, 2.75) is 13.5 Å². The van der Waals surface area contributed by atoms with E-state index < -0.39 is 4.92 Å². The van der Waals surface area contributed by atoms with Gasteiger partial charge in [0.15, 0.2) is 5.75 Å². The standard InChI is InChI=1S/C14H14N2O4/c1-10-4-3-7-15(14(10)17)9-11-5-6-13(20-2)12(8-11)16(18)19/h3-8H,9H2,1-2H3. The van der Waals surface area contributed by atoms with Crippen LogP contribution in [-0.4, -0.2) is 16.6 Å². The average Bonchev–Trinajstić information content (AvgIpc) is 2.43. The fraction of sp³-hybridized carbons (Fsp3) is 0.214. The number of aromatic nitrogens is 1. The number of nitrogens with zero attached hydrogens (tertiary/aromatic N) is 2. The molecule has 0 spiro atoms. The van der Waals surface area contributed by atoms with Gasteiger partial charge in [0.25, 0.3) is 5.56 Å². The zero-order valence-corrected chi connectivity index (χ0v) is 11.2. The Balaban J connectivity index is 2.39. The Morgan fingerprint density at radius 3 is 2.75 bits per heavy atom. The molecule has 6 heteroatoms. The minimum atomic E-state index is -0.499. The molecular formula is C14H14N2O4. The molecule has 0 atom stereocenters. The summed E-state index contributed by atoms with van der Waals surface area (Å²) in [4.78, 5) is 22.4. The summed E-state index contributed by atoms with van der Waals surface area (Å²) in [6.45, 7) is 2.01. The van der Waals surface area contributed by atoms with Gasteiger partial charge in [0.1, 0.15) is 0 Å². The highest BCUT2D eigenvalue weighted by atomic mass is 16.6. The number of pyridine rings is 1. The lowest BCUT2D eigenvalue weighted by atomic mass is 10.2. The zero-order chi connectivity index (χ0) is 14.7. The quantitative estimate of drug-likeness (QED) is 0.632. The Morgan fingerprint density at radius 1 is 1.35 bits per heavy atom. The third-order valence-corrected chi connectivity index (χ3v) is 3.00. The lowest BCUT2D eigenvalue weighted by Crippen LogP contribution is -2.21. The summed E-state index contributed by atoms with van der Waals surface area (Å²) in [7, 11) is 1.38. The normalized spacial score (nSPS) is 10.3. The number of methoxy groups -OCH3 is 1. The Morgan fingerprint density at radius 2 is 2.10 bits per heavy atom. The van der Waals surface area contributed by atoms with Crippen LogP contribution in [0.15, 0.2) is 41.3 Å². The maximum absolute atomic E-state index is 11.9. The number of hydrogen-bond acceptors (Lipinski definition) is 4. The average molecular weight is 274 g/mol. The molecule has 20 heavy (non-hydrogen) atoms. The minimum absolute atomic E-state index is 0.106. The van der Waals surface area contributed by atoms with Gasteiger partial charge in [-0.15, -0.1) is 0 Å². The van der Waals surface area contributed by atoms with Crippen LogP contribution in [0.4, 0.5) is 5.69 Å². The van der Waals surface area contributed by atoms with Crippen LogP contribution < -0.4 is 10.3 Å². The van der Waals surface area contributed by atoms with E-state index in [1.54, 1.807) is 31.3 Å². The van der Waals surface area contributed by atoms with Crippen molar-refractivity contribution < 1.29 is 9.66 Å². The third kappa shape index (κ3) is 2.69. The molecule has 0 aliphatic heterocycles. The lowest BCUT2D eigenvalue weighted by Gasteiger charge is -2.08. The second-order valence-corrected chi connectivity index (χ2v) is 4.39. The van der Waals surface area contributed by atoms with Crippen molar-refractivity contribution in [3.8, 4) is 5.75 Å². The molecule has 0 radical (unpaired) electrons. The number of benzene rings is 1. The van der Waals surface area contributed by atoms with Gasteiger partial charge in [0.05, 0.1) is 18.6 Å². The molecule has 0 saturated carbocycles. The molecule has 0 fully saturated rings. The van der Waals surface area contributed by atoms with Gasteiger partial charge >= 0.3 is 5.69 Å². The van der Waals surface area contributed by atoms with Crippen LogP contribution in [0, 0.1) is 17.0 Å². The first-order valence-electron chi connectivity index (χ1n) is 6.00. The van der Waals surface area contributed by atoms with Crippen LogP contribution in [0.2, 0.25) is 0 Å². The molecule has 1 aromatic heterocycles. The van der Waals surface area contributed by atoms with Crippen LogP contribution >= 0.6 is 0 Å². The summed E-state index contributed by atoms with van der Waals surface area (Å²) in [6, 6.07) is 8.17.